The minimum Gasteiger partial charge on any atom is -0.350 e. The van der Waals surface area contributed by atoms with Gasteiger partial charge in [-0.1, -0.05) is 13.0 Å². The van der Waals surface area contributed by atoms with Crippen LogP contribution in [0.2, 0.25) is 0 Å². The Hall–Kier alpha value is -1.40. The number of carbonyl (C=O) groups excluding carboxylic acids is 2. The molecule has 2 unspecified atom stereocenters. The van der Waals surface area contributed by atoms with E-state index >= 15 is 0 Å². The number of hydrogen-bond donors (Lipinski definition) is 2. The Kier molecular flexibility index (Phi) is 5.14. The van der Waals surface area contributed by atoms with Gasteiger partial charge in [-0.05, 0) is 30.3 Å². The van der Waals surface area contributed by atoms with E-state index in [0.29, 0.717) is 10.8 Å². The van der Waals surface area contributed by atoms with Gasteiger partial charge in [-0.2, -0.15) is 0 Å². The molecule has 2 amide bonds. The monoisotopic (exact) mass is 295 g/mol. The SMILES string of the molecule is CC1CCNCC1NC(=O)CN(C)C(=O)c1cccs1. The topological polar surface area (TPSA) is 61.4 Å². The molecule has 20 heavy (non-hydrogen) atoms. The molecule has 2 heterocycles. The van der Waals surface area contributed by atoms with Crippen LogP contribution in [0.4, 0.5) is 0 Å². The first-order valence-corrected chi connectivity index (χ1v) is 7.75. The van der Waals surface area contributed by atoms with Crippen LogP contribution in [0.3, 0.4) is 0 Å². The van der Waals surface area contributed by atoms with Gasteiger partial charge in [0.15, 0.2) is 0 Å². The van der Waals surface area contributed by atoms with Crippen LogP contribution < -0.4 is 10.6 Å². The van der Waals surface area contributed by atoms with E-state index in [1.807, 2.05) is 11.4 Å². The molecule has 1 aromatic heterocycles. The molecular weight excluding hydrogens is 274 g/mol. The number of likely N-dealkylation sites (N-methyl/N-ethyl adjacent to an activating group) is 1. The van der Waals surface area contributed by atoms with Crippen LogP contribution in [0.1, 0.15) is 23.0 Å². The largest absolute Gasteiger partial charge is 0.350 e. The summed E-state index contributed by atoms with van der Waals surface area (Å²) in [6, 6.07) is 3.76. The lowest BCUT2D eigenvalue weighted by molar-refractivity contribution is -0.122. The molecule has 1 aliphatic heterocycles. The van der Waals surface area contributed by atoms with Crippen molar-refractivity contribution in [1.29, 1.82) is 0 Å². The first kappa shape index (κ1) is 15.0. The molecular formula is C14H21N3O2S. The van der Waals surface area contributed by atoms with Crippen molar-refractivity contribution in [2.45, 2.75) is 19.4 Å². The fourth-order valence-corrected chi connectivity index (χ4v) is 3.03. The first-order valence-electron chi connectivity index (χ1n) is 6.87. The lowest BCUT2D eigenvalue weighted by Crippen LogP contribution is -2.52. The number of thiophene rings is 1. The third-order valence-corrected chi connectivity index (χ3v) is 4.49. The van der Waals surface area contributed by atoms with Gasteiger partial charge in [0.2, 0.25) is 5.91 Å². The Morgan fingerprint density at radius 3 is 3.00 bits per heavy atom. The van der Waals surface area contributed by atoms with Crippen LogP contribution in [0.15, 0.2) is 17.5 Å². The highest BCUT2D eigenvalue weighted by Gasteiger charge is 2.23. The number of carbonyl (C=O) groups is 2. The average Bonchev–Trinajstić information content (AvgIpc) is 2.94. The Morgan fingerprint density at radius 2 is 2.35 bits per heavy atom. The molecule has 0 aliphatic carbocycles. The number of nitrogens with zero attached hydrogens (tertiary/aromatic N) is 1. The summed E-state index contributed by atoms with van der Waals surface area (Å²) in [5.74, 6) is 0.265. The smallest absolute Gasteiger partial charge is 0.264 e. The Labute approximate surface area is 123 Å². The summed E-state index contributed by atoms with van der Waals surface area (Å²) in [5.41, 5.74) is 0. The van der Waals surface area contributed by atoms with Crippen molar-refractivity contribution in [3.63, 3.8) is 0 Å². The summed E-state index contributed by atoms with van der Waals surface area (Å²) in [7, 11) is 1.66. The standard InChI is InChI=1S/C14H21N3O2S/c1-10-5-6-15-8-11(10)16-13(18)9-17(2)14(19)12-4-3-7-20-12/h3-4,7,10-11,15H,5-6,8-9H2,1-2H3,(H,16,18). The molecule has 1 fully saturated rings. The van der Waals surface area contributed by atoms with E-state index in [0.717, 1.165) is 19.5 Å². The van der Waals surface area contributed by atoms with Crippen LogP contribution >= 0.6 is 11.3 Å². The van der Waals surface area contributed by atoms with Crippen molar-refractivity contribution in [2.24, 2.45) is 5.92 Å². The number of hydrogen-bond acceptors (Lipinski definition) is 4. The van der Waals surface area contributed by atoms with Crippen LogP contribution in [0, 0.1) is 5.92 Å². The normalized spacial score (nSPS) is 22.3. The third-order valence-electron chi connectivity index (χ3n) is 3.63. The molecule has 0 spiro atoms. The van der Waals surface area contributed by atoms with Gasteiger partial charge in [-0.15, -0.1) is 11.3 Å². The number of piperidine rings is 1. The van der Waals surface area contributed by atoms with Crippen LogP contribution in [0.25, 0.3) is 0 Å². The van der Waals surface area contributed by atoms with Crippen LogP contribution in [-0.4, -0.2) is 49.4 Å². The molecule has 2 atom stereocenters. The van der Waals surface area contributed by atoms with Gasteiger partial charge in [0, 0.05) is 19.6 Å². The second-order valence-electron chi connectivity index (χ2n) is 5.28. The molecule has 1 aromatic rings. The van der Waals surface area contributed by atoms with E-state index in [1.54, 1.807) is 13.1 Å². The molecule has 2 rings (SSSR count). The third kappa shape index (κ3) is 3.80. The van der Waals surface area contributed by atoms with Gasteiger partial charge in [-0.25, -0.2) is 0 Å². The highest BCUT2D eigenvalue weighted by molar-refractivity contribution is 7.12. The molecule has 0 aromatic carbocycles. The predicted octanol–water partition coefficient (Wildman–Crippen LogP) is 0.934. The van der Waals surface area contributed by atoms with E-state index in [-0.39, 0.29) is 24.4 Å². The van der Waals surface area contributed by atoms with Gasteiger partial charge >= 0.3 is 0 Å². The molecule has 0 bridgehead atoms. The fraction of sp³-hybridized carbons (Fsp3) is 0.571. The van der Waals surface area contributed by atoms with Crippen molar-refractivity contribution >= 4 is 23.2 Å². The zero-order chi connectivity index (χ0) is 14.5. The van der Waals surface area contributed by atoms with Crippen LogP contribution in [0.5, 0.6) is 0 Å². The molecule has 0 radical (unpaired) electrons. The maximum Gasteiger partial charge on any atom is 0.264 e. The summed E-state index contributed by atoms with van der Waals surface area (Å²) in [6.45, 7) is 4.05. The highest BCUT2D eigenvalue weighted by atomic mass is 32.1. The second-order valence-corrected chi connectivity index (χ2v) is 6.23. The Balaban J connectivity index is 1.83. The van der Waals surface area contributed by atoms with E-state index in [4.69, 9.17) is 0 Å². The maximum absolute atomic E-state index is 12.0. The first-order chi connectivity index (χ1) is 9.58. The van der Waals surface area contributed by atoms with E-state index in [2.05, 4.69) is 17.6 Å². The van der Waals surface area contributed by atoms with Gasteiger partial charge in [0.25, 0.3) is 5.91 Å². The molecule has 5 nitrogen and oxygen atoms in total. The summed E-state index contributed by atoms with van der Waals surface area (Å²) >= 11 is 1.39. The lowest BCUT2D eigenvalue weighted by Gasteiger charge is -2.30. The van der Waals surface area contributed by atoms with Crippen molar-refractivity contribution in [3.8, 4) is 0 Å². The summed E-state index contributed by atoms with van der Waals surface area (Å²) in [4.78, 5) is 26.2. The fourth-order valence-electron chi connectivity index (χ4n) is 2.31. The quantitative estimate of drug-likeness (QED) is 0.869. The highest BCUT2D eigenvalue weighted by Crippen LogP contribution is 2.12. The lowest BCUT2D eigenvalue weighted by atomic mass is 9.95. The maximum atomic E-state index is 12.0. The minimum absolute atomic E-state index is 0.0972. The zero-order valence-corrected chi connectivity index (χ0v) is 12.7. The number of amides is 2. The van der Waals surface area contributed by atoms with Crippen LogP contribution in [-0.2, 0) is 4.79 Å². The zero-order valence-electron chi connectivity index (χ0n) is 11.9. The number of rotatable bonds is 4. The van der Waals surface area contributed by atoms with E-state index in [1.165, 1.54) is 16.2 Å². The molecule has 6 heteroatoms. The molecule has 0 saturated carbocycles. The van der Waals surface area contributed by atoms with Crippen molar-refractivity contribution in [3.05, 3.63) is 22.4 Å². The predicted molar refractivity (Wildman–Crippen MR) is 79.9 cm³/mol. The average molecular weight is 295 g/mol. The van der Waals surface area contributed by atoms with Gasteiger partial charge in [0.05, 0.1) is 11.4 Å². The summed E-state index contributed by atoms with van der Waals surface area (Å²) < 4.78 is 0. The Morgan fingerprint density at radius 1 is 1.55 bits per heavy atom. The van der Waals surface area contributed by atoms with Gasteiger partial charge in [-0.3, -0.25) is 9.59 Å². The minimum atomic E-state index is -0.107. The van der Waals surface area contributed by atoms with Crippen molar-refractivity contribution in [1.82, 2.24) is 15.5 Å². The van der Waals surface area contributed by atoms with Crippen molar-refractivity contribution in [2.75, 3.05) is 26.7 Å². The van der Waals surface area contributed by atoms with E-state index in [9.17, 15) is 9.59 Å². The van der Waals surface area contributed by atoms with E-state index < -0.39 is 0 Å². The number of nitrogens with one attached hydrogen (secondary N) is 2. The second kappa shape index (κ2) is 6.85. The van der Waals surface area contributed by atoms with Gasteiger partial charge < -0.3 is 15.5 Å². The summed E-state index contributed by atoms with van der Waals surface area (Å²) in [6.07, 6.45) is 1.06. The summed E-state index contributed by atoms with van der Waals surface area (Å²) in [5, 5.41) is 8.14. The van der Waals surface area contributed by atoms with Crippen molar-refractivity contribution < 1.29 is 9.59 Å². The molecule has 110 valence electrons. The molecule has 2 N–H and O–H groups in total. The Bertz CT molecular complexity index is 461. The van der Waals surface area contributed by atoms with Gasteiger partial charge in [0.1, 0.15) is 0 Å². The molecule has 1 saturated heterocycles. The molecule has 1 aliphatic rings.